The van der Waals surface area contributed by atoms with Gasteiger partial charge in [0.1, 0.15) is 9.90 Å². The first-order valence-electron chi connectivity index (χ1n) is 6.61. The lowest BCUT2D eigenvalue weighted by Gasteiger charge is -2.06. The number of nitrogens with one attached hydrogen (secondary N) is 2. The average molecular weight is 513 g/mol. The summed E-state index contributed by atoms with van der Waals surface area (Å²) in [6.07, 6.45) is 1.10. The van der Waals surface area contributed by atoms with Crippen LogP contribution in [0.2, 0.25) is 0 Å². The first-order chi connectivity index (χ1) is 11.7. The molecule has 0 saturated heterocycles. The summed E-state index contributed by atoms with van der Waals surface area (Å²) >= 11 is 7.32. The molecule has 0 saturated carbocycles. The second kappa shape index (κ2) is 8.36. The van der Waals surface area contributed by atoms with E-state index in [1.54, 1.807) is 0 Å². The number of amides is 2. The Bertz CT molecular complexity index is 877. The zero-order valence-electron chi connectivity index (χ0n) is 12.3. The third-order valence-corrected chi connectivity index (χ3v) is 7.83. The monoisotopic (exact) mass is 511 g/mol. The zero-order valence-corrected chi connectivity index (χ0v) is 17.1. The van der Waals surface area contributed by atoms with E-state index < -0.39 is 21.8 Å². The van der Waals surface area contributed by atoms with Crippen molar-refractivity contribution in [2.45, 2.75) is 4.21 Å². The number of carbonyl (C=O) groups is 2. The van der Waals surface area contributed by atoms with Crippen LogP contribution in [-0.4, -0.2) is 43.5 Å². The van der Waals surface area contributed by atoms with Crippen LogP contribution in [0.1, 0.15) is 20.8 Å². The fourth-order valence-corrected chi connectivity index (χ4v) is 5.41. The van der Waals surface area contributed by atoms with E-state index in [9.17, 15) is 18.0 Å². The van der Waals surface area contributed by atoms with Gasteiger partial charge in [-0.25, -0.2) is 13.1 Å². The van der Waals surface area contributed by atoms with Gasteiger partial charge in [0.25, 0.3) is 21.8 Å². The Balaban J connectivity index is 2.11. The topological polar surface area (TPSA) is 125 Å². The second-order valence-corrected chi connectivity index (χ2v) is 9.67. The van der Waals surface area contributed by atoms with Gasteiger partial charge in [-0.3, -0.25) is 14.6 Å². The highest BCUT2D eigenvalue weighted by molar-refractivity contribution is 9.13. The third kappa shape index (κ3) is 5.07. The Labute approximate surface area is 164 Å². The highest BCUT2D eigenvalue weighted by atomic mass is 79.9. The number of pyridine rings is 1. The van der Waals surface area contributed by atoms with Gasteiger partial charge in [-0.2, -0.15) is 0 Å². The van der Waals surface area contributed by atoms with E-state index in [4.69, 9.17) is 5.11 Å². The first kappa shape index (κ1) is 20.0. The van der Waals surface area contributed by atoms with Gasteiger partial charge in [-0.05, 0) is 50.1 Å². The lowest BCUT2D eigenvalue weighted by molar-refractivity contribution is 0.0936. The highest BCUT2D eigenvalue weighted by Crippen LogP contribution is 2.34. The molecule has 0 unspecified atom stereocenters. The molecule has 0 spiro atoms. The zero-order chi connectivity index (χ0) is 18.6. The third-order valence-electron chi connectivity index (χ3n) is 2.77. The molecule has 0 atom stereocenters. The minimum Gasteiger partial charge on any atom is -0.395 e. The first-order valence-corrected chi connectivity index (χ1v) is 10.5. The molecule has 12 heteroatoms. The number of hydrogen-bond donors (Lipinski definition) is 3. The molecular weight excluding hydrogens is 502 g/mol. The molecule has 0 fully saturated rings. The summed E-state index contributed by atoms with van der Waals surface area (Å²) < 4.78 is 27.5. The van der Waals surface area contributed by atoms with Crippen LogP contribution in [0.3, 0.4) is 0 Å². The summed E-state index contributed by atoms with van der Waals surface area (Å²) in [5, 5.41) is 11.1. The van der Waals surface area contributed by atoms with Crippen LogP contribution in [0, 0.1) is 0 Å². The molecule has 8 nitrogen and oxygen atoms in total. The van der Waals surface area contributed by atoms with E-state index >= 15 is 0 Å². The molecule has 3 N–H and O–H groups in total. The summed E-state index contributed by atoms with van der Waals surface area (Å²) in [7, 11) is -4.02. The van der Waals surface area contributed by atoms with Crippen molar-refractivity contribution in [2.24, 2.45) is 0 Å². The number of sulfonamides is 1. The van der Waals surface area contributed by atoms with E-state index in [-0.39, 0.29) is 28.6 Å². The number of thiophene rings is 1. The van der Waals surface area contributed by atoms with Crippen molar-refractivity contribution in [3.8, 4) is 0 Å². The SMILES string of the molecule is O=C(NS(=O)(=O)c1cc(Br)c(Br)s1)c1ccc(C(=O)NCCO)nc1. The Morgan fingerprint density at radius 1 is 1.24 bits per heavy atom. The number of rotatable bonds is 6. The molecule has 134 valence electrons. The van der Waals surface area contributed by atoms with Crippen LogP contribution in [0.5, 0.6) is 0 Å². The fourth-order valence-electron chi connectivity index (χ4n) is 1.61. The quantitative estimate of drug-likeness (QED) is 0.538. The highest BCUT2D eigenvalue weighted by Gasteiger charge is 2.22. The van der Waals surface area contributed by atoms with E-state index in [2.05, 4.69) is 42.2 Å². The Morgan fingerprint density at radius 3 is 2.48 bits per heavy atom. The Kier molecular flexibility index (Phi) is 6.68. The molecule has 0 aromatic carbocycles. The molecule has 0 aliphatic heterocycles. The normalized spacial score (nSPS) is 11.2. The average Bonchev–Trinajstić information content (AvgIpc) is 2.92. The van der Waals surface area contributed by atoms with Gasteiger partial charge in [-0.1, -0.05) is 0 Å². The molecule has 25 heavy (non-hydrogen) atoms. The largest absolute Gasteiger partial charge is 0.395 e. The van der Waals surface area contributed by atoms with Crippen molar-refractivity contribution >= 4 is 65.0 Å². The van der Waals surface area contributed by atoms with Crippen molar-refractivity contribution in [1.29, 1.82) is 0 Å². The minimum atomic E-state index is -4.02. The molecular formula is C13H11Br2N3O5S2. The van der Waals surface area contributed by atoms with E-state index in [1.807, 2.05) is 4.72 Å². The lowest BCUT2D eigenvalue weighted by Crippen LogP contribution is -2.30. The molecule has 2 amide bonds. The molecule has 2 heterocycles. The predicted molar refractivity (Wildman–Crippen MR) is 98.0 cm³/mol. The summed E-state index contributed by atoms with van der Waals surface area (Å²) in [6.45, 7) is -0.133. The smallest absolute Gasteiger partial charge is 0.273 e. The van der Waals surface area contributed by atoms with Gasteiger partial charge in [-0.15, -0.1) is 11.3 Å². The predicted octanol–water partition coefficient (Wildman–Crippen LogP) is 1.51. The molecule has 2 aromatic heterocycles. The Morgan fingerprint density at radius 2 is 1.96 bits per heavy atom. The number of nitrogens with zero attached hydrogens (tertiary/aromatic N) is 1. The number of hydrogen-bond acceptors (Lipinski definition) is 7. The van der Waals surface area contributed by atoms with E-state index in [0.29, 0.717) is 8.26 Å². The maximum absolute atomic E-state index is 12.2. The van der Waals surface area contributed by atoms with Gasteiger partial charge >= 0.3 is 0 Å². The van der Waals surface area contributed by atoms with E-state index in [1.165, 1.54) is 18.2 Å². The number of aromatic nitrogens is 1. The number of carbonyl (C=O) groups excluding carboxylic acids is 2. The van der Waals surface area contributed by atoms with Crippen molar-refractivity contribution in [2.75, 3.05) is 13.2 Å². The summed E-state index contributed by atoms with van der Waals surface area (Å²) in [4.78, 5) is 27.6. The number of aliphatic hydroxyl groups excluding tert-OH is 1. The van der Waals surface area contributed by atoms with Crippen LogP contribution in [0.25, 0.3) is 0 Å². The van der Waals surface area contributed by atoms with Gasteiger partial charge in [0.05, 0.1) is 16.0 Å². The van der Waals surface area contributed by atoms with Crippen LogP contribution < -0.4 is 10.0 Å². The molecule has 2 aromatic rings. The van der Waals surface area contributed by atoms with Gasteiger partial charge in [0.15, 0.2) is 0 Å². The van der Waals surface area contributed by atoms with Gasteiger partial charge in [0, 0.05) is 17.2 Å². The van der Waals surface area contributed by atoms with Crippen LogP contribution in [0.15, 0.2) is 36.9 Å². The van der Waals surface area contributed by atoms with Crippen LogP contribution >= 0.6 is 43.2 Å². The standard InChI is InChI=1S/C13H11Br2N3O5S2/c14-8-5-10(24-11(8)15)25(22,23)18-12(20)7-1-2-9(17-6-7)13(21)16-3-4-19/h1-2,5-6,19H,3-4H2,(H,16,21)(H,18,20). The summed E-state index contributed by atoms with van der Waals surface area (Å²) in [5.41, 5.74) is 0.0240. The van der Waals surface area contributed by atoms with Crippen LogP contribution in [0.4, 0.5) is 0 Å². The number of aliphatic hydroxyl groups is 1. The van der Waals surface area contributed by atoms with E-state index in [0.717, 1.165) is 17.5 Å². The number of halogens is 2. The van der Waals surface area contributed by atoms with Crippen molar-refractivity contribution < 1.29 is 23.1 Å². The lowest BCUT2D eigenvalue weighted by atomic mass is 10.2. The maximum Gasteiger partial charge on any atom is 0.273 e. The summed E-state index contributed by atoms with van der Waals surface area (Å²) in [5.74, 6) is -1.38. The molecule has 2 rings (SSSR count). The minimum absolute atomic E-state index is 0.0167. The molecule has 0 aliphatic carbocycles. The van der Waals surface area contributed by atoms with Crippen LogP contribution in [-0.2, 0) is 10.0 Å². The van der Waals surface area contributed by atoms with Gasteiger partial charge in [0.2, 0.25) is 0 Å². The van der Waals surface area contributed by atoms with Crippen molar-refractivity contribution in [1.82, 2.24) is 15.0 Å². The van der Waals surface area contributed by atoms with Gasteiger partial charge < -0.3 is 10.4 Å². The fraction of sp³-hybridized carbons (Fsp3) is 0.154. The van der Waals surface area contributed by atoms with Crippen molar-refractivity contribution in [3.63, 3.8) is 0 Å². The summed E-state index contributed by atoms with van der Waals surface area (Å²) in [6, 6.07) is 3.94. The second-order valence-electron chi connectivity index (χ2n) is 4.53. The molecule has 0 aliphatic rings. The molecule has 0 bridgehead atoms. The maximum atomic E-state index is 12.2. The molecule has 0 radical (unpaired) electrons. The Hall–Kier alpha value is -1.34. The van der Waals surface area contributed by atoms with Crippen molar-refractivity contribution in [3.05, 3.63) is 43.9 Å².